The van der Waals surface area contributed by atoms with E-state index in [2.05, 4.69) is 10.3 Å². The molecular formula is C31H38ClF2N5O5. The first-order valence-corrected chi connectivity index (χ1v) is 15.6. The largest absolute Gasteiger partial charge is 0.487 e. The second kappa shape index (κ2) is 11.6. The molecule has 0 bridgehead atoms. The third-order valence-electron chi connectivity index (χ3n) is 10.3. The standard InChI is InChI=1S/C31H38ClF2N5O5/c1-30(29(42)43-3)10-5-4-6-19(30)28(41)39-13-9-18-20(32)7-8-23(44-16-21-26(27(33)34)37(2)36-35-21)25(18)22(39)15-38-17-31(11-12-31)14-24(38)40/h7-8,19,22,27H,4-6,9-17H2,1-3H3/t19-,22+,30-/m0/s1. The molecule has 2 aliphatic heterocycles. The van der Waals surface area contributed by atoms with Crippen molar-refractivity contribution < 1.29 is 32.6 Å². The molecule has 10 nitrogen and oxygen atoms in total. The number of benzene rings is 1. The van der Waals surface area contributed by atoms with Crippen LogP contribution in [0.15, 0.2) is 12.1 Å². The maximum atomic E-state index is 14.5. The van der Waals surface area contributed by atoms with Crippen molar-refractivity contribution in [3.8, 4) is 5.75 Å². The molecule has 3 heterocycles. The van der Waals surface area contributed by atoms with Gasteiger partial charge in [-0.15, -0.1) is 5.10 Å². The smallest absolute Gasteiger partial charge is 0.312 e. The summed E-state index contributed by atoms with van der Waals surface area (Å²) in [7, 11) is 2.74. The molecule has 2 aliphatic carbocycles. The maximum Gasteiger partial charge on any atom is 0.312 e. The van der Waals surface area contributed by atoms with E-state index in [1.807, 2.05) is 4.90 Å². The summed E-state index contributed by atoms with van der Waals surface area (Å²) < 4.78 is 39.8. The Morgan fingerprint density at radius 2 is 1.98 bits per heavy atom. The maximum absolute atomic E-state index is 14.5. The average Bonchev–Trinajstić information content (AvgIpc) is 3.53. The molecule has 2 aromatic rings. The fraction of sp³-hybridized carbons (Fsp3) is 0.645. The van der Waals surface area contributed by atoms with Crippen LogP contribution in [0.5, 0.6) is 5.75 Å². The normalized spacial score (nSPS) is 25.8. The van der Waals surface area contributed by atoms with Gasteiger partial charge in [0.25, 0.3) is 6.43 Å². The summed E-state index contributed by atoms with van der Waals surface area (Å²) in [6.45, 7) is 2.75. The number of carbonyl (C=O) groups is 3. The molecule has 1 aromatic heterocycles. The van der Waals surface area contributed by atoms with Gasteiger partial charge in [-0.1, -0.05) is 29.7 Å². The minimum absolute atomic E-state index is 0.00735. The number of nitrogens with zero attached hydrogens (tertiary/aromatic N) is 5. The van der Waals surface area contributed by atoms with Gasteiger partial charge in [-0.05, 0) is 62.1 Å². The molecule has 3 fully saturated rings. The van der Waals surface area contributed by atoms with Gasteiger partial charge < -0.3 is 19.3 Å². The Balaban J connectivity index is 1.38. The molecule has 0 radical (unpaired) electrons. The summed E-state index contributed by atoms with van der Waals surface area (Å²) in [4.78, 5) is 44.4. The van der Waals surface area contributed by atoms with Crippen LogP contribution in [0.4, 0.5) is 8.78 Å². The molecule has 4 aliphatic rings. The van der Waals surface area contributed by atoms with Gasteiger partial charge in [-0.25, -0.2) is 13.5 Å². The molecule has 238 valence electrons. The lowest BCUT2D eigenvalue weighted by atomic mass is 9.66. The van der Waals surface area contributed by atoms with Gasteiger partial charge >= 0.3 is 5.97 Å². The molecule has 0 unspecified atom stereocenters. The predicted octanol–water partition coefficient (Wildman–Crippen LogP) is 4.79. The van der Waals surface area contributed by atoms with E-state index in [1.54, 1.807) is 24.0 Å². The van der Waals surface area contributed by atoms with Crippen molar-refractivity contribution in [3.05, 3.63) is 39.7 Å². The monoisotopic (exact) mass is 633 g/mol. The number of aryl methyl sites for hydroxylation is 1. The molecule has 2 saturated carbocycles. The number of methoxy groups -OCH3 is 1. The molecule has 44 heavy (non-hydrogen) atoms. The number of alkyl halides is 2. The molecule has 1 aromatic carbocycles. The Morgan fingerprint density at radius 1 is 1.20 bits per heavy atom. The van der Waals surface area contributed by atoms with Gasteiger partial charge in [0.2, 0.25) is 11.8 Å². The Morgan fingerprint density at radius 3 is 2.66 bits per heavy atom. The van der Waals surface area contributed by atoms with Crippen molar-refractivity contribution >= 4 is 29.4 Å². The third-order valence-corrected chi connectivity index (χ3v) is 10.6. The first-order valence-electron chi connectivity index (χ1n) is 15.3. The fourth-order valence-electron chi connectivity index (χ4n) is 7.56. The van der Waals surface area contributed by atoms with Gasteiger partial charge in [-0.2, -0.15) is 0 Å². The zero-order valence-electron chi connectivity index (χ0n) is 25.3. The van der Waals surface area contributed by atoms with Crippen LogP contribution >= 0.6 is 11.6 Å². The lowest BCUT2D eigenvalue weighted by Gasteiger charge is -2.45. The average molecular weight is 634 g/mol. The van der Waals surface area contributed by atoms with E-state index in [4.69, 9.17) is 21.1 Å². The summed E-state index contributed by atoms with van der Waals surface area (Å²) in [5.41, 5.74) is 0.160. The summed E-state index contributed by atoms with van der Waals surface area (Å²) >= 11 is 6.72. The third kappa shape index (κ3) is 5.32. The van der Waals surface area contributed by atoms with Gasteiger partial charge in [0.1, 0.15) is 23.7 Å². The van der Waals surface area contributed by atoms with Crippen molar-refractivity contribution in [2.75, 3.05) is 26.7 Å². The van der Waals surface area contributed by atoms with E-state index in [0.717, 1.165) is 35.9 Å². The van der Waals surface area contributed by atoms with Gasteiger partial charge in [-0.3, -0.25) is 14.4 Å². The number of aromatic nitrogens is 3. The Labute approximate surface area is 260 Å². The number of hydrogen-bond acceptors (Lipinski definition) is 7. The van der Waals surface area contributed by atoms with Crippen molar-refractivity contribution in [2.24, 2.45) is 23.8 Å². The summed E-state index contributed by atoms with van der Waals surface area (Å²) in [5.74, 6) is -0.732. The highest BCUT2D eigenvalue weighted by atomic mass is 35.5. The molecule has 1 saturated heterocycles. The van der Waals surface area contributed by atoms with Crippen LogP contribution in [0.3, 0.4) is 0 Å². The Bertz CT molecular complexity index is 1480. The lowest BCUT2D eigenvalue weighted by Crippen LogP contribution is -2.53. The molecule has 6 rings (SSSR count). The van der Waals surface area contributed by atoms with Gasteiger partial charge in [0, 0.05) is 43.7 Å². The predicted molar refractivity (Wildman–Crippen MR) is 155 cm³/mol. The molecule has 3 atom stereocenters. The highest BCUT2D eigenvalue weighted by molar-refractivity contribution is 6.31. The summed E-state index contributed by atoms with van der Waals surface area (Å²) in [5, 5.41) is 8.12. The lowest BCUT2D eigenvalue weighted by molar-refractivity contribution is -0.165. The number of amides is 2. The van der Waals surface area contributed by atoms with Crippen molar-refractivity contribution in [2.45, 2.75) is 77.4 Å². The van der Waals surface area contributed by atoms with Crippen LogP contribution in [0.25, 0.3) is 0 Å². The van der Waals surface area contributed by atoms with E-state index >= 15 is 0 Å². The topological polar surface area (TPSA) is 107 Å². The first kappa shape index (κ1) is 30.7. The number of carbonyl (C=O) groups excluding carboxylic acids is 3. The number of esters is 1. The van der Waals surface area contributed by atoms with Gasteiger partial charge in [0.05, 0.1) is 24.5 Å². The number of rotatable bonds is 8. The van der Waals surface area contributed by atoms with E-state index in [9.17, 15) is 23.2 Å². The molecular weight excluding hydrogens is 596 g/mol. The number of hydrogen-bond donors (Lipinski definition) is 0. The van der Waals surface area contributed by atoms with Crippen LogP contribution in [0.2, 0.25) is 5.02 Å². The SMILES string of the molecule is COC(=O)[C@@]1(C)CCCC[C@H]1C(=O)N1CCc2c(Cl)ccc(OCc3nnn(C)c3C(F)F)c2[C@H]1CN1CC2(CC2)CC1=O. The fourth-order valence-corrected chi connectivity index (χ4v) is 7.82. The van der Waals surface area contributed by atoms with E-state index in [0.29, 0.717) is 55.1 Å². The molecule has 1 spiro atoms. The quantitative estimate of drug-likeness (QED) is 0.385. The van der Waals surface area contributed by atoms with Crippen molar-refractivity contribution in [3.63, 3.8) is 0 Å². The van der Waals surface area contributed by atoms with Crippen LogP contribution < -0.4 is 4.74 Å². The summed E-state index contributed by atoms with van der Waals surface area (Å²) in [6.07, 6.45) is 2.87. The van der Waals surface area contributed by atoms with E-state index < -0.39 is 29.8 Å². The number of halogens is 3. The minimum atomic E-state index is -2.79. The van der Waals surface area contributed by atoms with Crippen LogP contribution in [0, 0.1) is 16.7 Å². The van der Waals surface area contributed by atoms with Crippen LogP contribution in [-0.2, 0) is 39.2 Å². The van der Waals surface area contributed by atoms with E-state index in [-0.39, 0.29) is 41.8 Å². The molecule has 0 N–H and O–H groups in total. The number of fused-ring (bicyclic) bond motifs is 1. The molecule has 2 amide bonds. The Hall–Kier alpha value is -3.28. The minimum Gasteiger partial charge on any atom is -0.487 e. The van der Waals surface area contributed by atoms with Crippen LogP contribution in [-0.4, -0.2) is 69.3 Å². The zero-order chi connectivity index (χ0) is 31.4. The highest BCUT2D eigenvalue weighted by Gasteiger charge is 2.54. The van der Waals surface area contributed by atoms with Crippen molar-refractivity contribution in [1.82, 2.24) is 24.8 Å². The Kier molecular flexibility index (Phi) is 8.09. The first-order chi connectivity index (χ1) is 21.0. The second-order valence-electron chi connectivity index (χ2n) is 13.0. The summed E-state index contributed by atoms with van der Waals surface area (Å²) in [6, 6.07) is 2.76. The van der Waals surface area contributed by atoms with Crippen molar-refractivity contribution in [1.29, 1.82) is 0 Å². The zero-order valence-corrected chi connectivity index (χ0v) is 26.0. The highest BCUT2D eigenvalue weighted by Crippen LogP contribution is 2.54. The molecule has 13 heteroatoms. The van der Waals surface area contributed by atoms with Crippen LogP contribution in [0.1, 0.15) is 86.9 Å². The van der Waals surface area contributed by atoms with E-state index in [1.165, 1.54) is 14.2 Å². The number of ether oxygens (including phenoxy) is 2. The number of likely N-dealkylation sites (tertiary alicyclic amines) is 1. The van der Waals surface area contributed by atoms with Gasteiger partial charge in [0.15, 0.2) is 0 Å². The second-order valence-corrected chi connectivity index (χ2v) is 13.4.